The molecule has 5 heteroatoms. The molecular formula is C7H8BFO3. The first-order chi connectivity index (χ1) is 5.61. The smallest absolute Gasteiger partial charge is 0.423 e. The van der Waals surface area contributed by atoms with Gasteiger partial charge in [0.05, 0.1) is 0 Å². The van der Waals surface area contributed by atoms with E-state index in [9.17, 15) is 4.39 Å². The fourth-order valence-corrected chi connectivity index (χ4v) is 0.868. The number of hydrogen-bond acceptors (Lipinski definition) is 3. The lowest BCUT2D eigenvalue weighted by molar-refractivity contribution is 0.0412. The van der Waals surface area contributed by atoms with Gasteiger partial charge < -0.3 is 15.2 Å². The summed E-state index contributed by atoms with van der Waals surface area (Å²) in [6.07, 6.45) is -2.08. The summed E-state index contributed by atoms with van der Waals surface area (Å²) in [5.41, 5.74) is 0.171. The second kappa shape index (κ2) is 3.66. The lowest BCUT2D eigenvalue weighted by Crippen LogP contribution is -2.29. The van der Waals surface area contributed by atoms with Crippen molar-refractivity contribution < 1.29 is 19.5 Å². The molecular weight excluding hydrogens is 162 g/mol. The Bertz CT molecular complexity index is 241. The molecule has 0 aliphatic heterocycles. The first-order valence-corrected chi connectivity index (χ1v) is 3.39. The van der Waals surface area contributed by atoms with Crippen LogP contribution in [0.2, 0.25) is 0 Å². The van der Waals surface area contributed by atoms with Crippen LogP contribution in [0.4, 0.5) is 4.39 Å². The topological polar surface area (TPSA) is 60.7 Å². The summed E-state index contributed by atoms with van der Waals surface area (Å²) in [4.78, 5) is 0. The van der Waals surface area contributed by atoms with Crippen LogP contribution >= 0.6 is 0 Å². The maximum absolute atomic E-state index is 12.3. The number of halogens is 1. The Hall–Kier alpha value is -0.905. The van der Waals surface area contributed by atoms with Gasteiger partial charge in [0, 0.05) is 5.56 Å². The zero-order valence-electron chi connectivity index (χ0n) is 6.18. The van der Waals surface area contributed by atoms with Gasteiger partial charge in [0.25, 0.3) is 0 Å². The summed E-state index contributed by atoms with van der Waals surface area (Å²) in [6, 6.07) is 5.41. The van der Waals surface area contributed by atoms with E-state index < -0.39 is 13.5 Å². The van der Waals surface area contributed by atoms with Gasteiger partial charge in [-0.25, -0.2) is 4.39 Å². The van der Waals surface area contributed by atoms with Gasteiger partial charge in [-0.15, -0.1) is 0 Å². The van der Waals surface area contributed by atoms with Crippen molar-refractivity contribution in [3.63, 3.8) is 0 Å². The molecule has 64 valence electrons. The van der Waals surface area contributed by atoms with E-state index in [1.165, 1.54) is 24.3 Å². The second-order valence-corrected chi connectivity index (χ2v) is 2.38. The first kappa shape index (κ1) is 9.19. The minimum absolute atomic E-state index is 0.0144. The lowest BCUT2D eigenvalue weighted by Gasteiger charge is -2.03. The fourth-order valence-electron chi connectivity index (χ4n) is 0.868. The number of benzene rings is 1. The molecule has 3 N–H and O–H groups in total. The predicted octanol–water partition coefficient (Wildman–Crippen LogP) is -0.673. The zero-order valence-corrected chi connectivity index (χ0v) is 6.18. The fraction of sp³-hybridized carbons (Fsp3) is 0.143. The normalized spacial score (nSPS) is 12.7. The van der Waals surface area contributed by atoms with Crippen molar-refractivity contribution in [3.8, 4) is 0 Å². The van der Waals surface area contributed by atoms with Crippen LogP contribution < -0.4 is 5.46 Å². The highest BCUT2D eigenvalue weighted by Crippen LogP contribution is 2.11. The Morgan fingerprint density at radius 2 is 2.00 bits per heavy atom. The van der Waals surface area contributed by atoms with Crippen LogP contribution in [0.5, 0.6) is 0 Å². The molecule has 1 aromatic rings. The van der Waals surface area contributed by atoms with E-state index in [2.05, 4.69) is 0 Å². The summed E-state index contributed by atoms with van der Waals surface area (Å²) >= 11 is 0. The van der Waals surface area contributed by atoms with Crippen molar-refractivity contribution in [1.29, 1.82) is 0 Å². The van der Waals surface area contributed by atoms with E-state index >= 15 is 0 Å². The van der Waals surface area contributed by atoms with Crippen molar-refractivity contribution in [2.75, 3.05) is 0 Å². The van der Waals surface area contributed by atoms with Crippen LogP contribution in [0, 0.1) is 0 Å². The highest BCUT2D eigenvalue weighted by molar-refractivity contribution is 6.58. The molecule has 1 rings (SSSR count). The molecule has 12 heavy (non-hydrogen) atoms. The molecule has 1 atom stereocenters. The van der Waals surface area contributed by atoms with Crippen molar-refractivity contribution in [1.82, 2.24) is 0 Å². The quantitative estimate of drug-likeness (QED) is 0.515. The molecule has 0 fully saturated rings. The third-order valence-corrected chi connectivity index (χ3v) is 1.48. The van der Waals surface area contributed by atoms with Crippen LogP contribution in [0.3, 0.4) is 0 Å². The molecule has 1 unspecified atom stereocenters. The minimum atomic E-state index is -2.08. The molecule has 0 aliphatic rings. The van der Waals surface area contributed by atoms with Crippen LogP contribution in [0.25, 0.3) is 0 Å². The largest absolute Gasteiger partial charge is 0.488 e. The average molecular weight is 170 g/mol. The average Bonchev–Trinajstić information content (AvgIpc) is 2.04. The van der Waals surface area contributed by atoms with E-state index in [4.69, 9.17) is 15.2 Å². The first-order valence-electron chi connectivity index (χ1n) is 3.39. The van der Waals surface area contributed by atoms with Gasteiger partial charge >= 0.3 is 7.12 Å². The van der Waals surface area contributed by atoms with E-state index in [0.29, 0.717) is 0 Å². The number of alkyl halides is 1. The maximum atomic E-state index is 12.3. The van der Waals surface area contributed by atoms with Crippen molar-refractivity contribution in [3.05, 3.63) is 29.8 Å². The lowest BCUT2D eigenvalue weighted by atomic mass is 9.80. The summed E-state index contributed by atoms with van der Waals surface area (Å²) in [6.45, 7) is 0. The number of hydrogen-bond donors (Lipinski definition) is 3. The van der Waals surface area contributed by atoms with Crippen molar-refractivity contribution in [2.24, 2.45) is 0 Å². The molecule has 0 aliphatic carbocycles. The molecule has 0 radical (unpaired) electrons. The van der Waals surface area contributed by atoms with E-state index in [1.54, 1.807) is 0 Å². The summed E-state index contributed by atoms with van der Waals surface area (Å²) in [7, 11) is -1.64. The Kier molecular flexibility index (Phi) is 2.81. The van der Waals surface area contributed by atoms with Gasteiger partial charge in [0.15, 0.2) is 0 Å². The minimum Gasteiger partial charge on any atom is -0.423 e. The number of rotatable bonds is 2. The molecule has 0 aromatic heterocycles. The summed E-state index contributed by atoms with van der Waals surface area (Å²) in [5.74, 6) is 0. The van der Waals surface area contributed by atoms with E-state index in [-0.39, 0.29) is 11.0 Å². The Morgan fingerprint density at radius 1 is 1.33 bits per heavy atom. The molecule has 0 amide bonds. The number of aliphatic hydroxyl groups excluding tert-OH is 1. The SMILES string of the molecule is OB(O)c1cccc(C(O)F)c1. The molecule has 0 spiro atoms. The standard InChI is InChI=1S/C7H8BFO3/c9-7(10)5-2-1-3-6(4-5)8(11)12/h1-4,7,10-12H. The molecule has 1 aromatic carbocycles. The van der Waals surface area contributed by atoms with Crippen LogP contribution in [-0.2, 0) is 0 Å². The van der Waals surface area contributed by atoms with Crippen molar-refractivity contribution >= 4 is 12.6 Å². The monoisotopic (exact) mass is 170 g/mol. The molecule has 3 nitrogen and oxygen atoms in total. The second-order valence-electron chi connectivity index (χ2n) is 2.38. The molecule has 0 saturated heterocycles. The van der Waals surface area contributed by atoms with E-state index in [0.717, 1.165) is 0 Å². The van der Waals surface area contributed by atoms with Crippen molar-refractivity contribution in [2.45, 2.75) is 6.36 Å². The molecule has 0 saturated carbocycles. The van der Waals surface area contributed by atoms with E-state index in [1.807, 2.05) is 0 Å². The molecule has 0 bridgehead atoms. The van der Waals surface area contributed by atoms with Gasteiger partial charge in [-0.05, 0) is 5.46 Å². The third kappa shape index (κ3) is 2.04. The van der Waals surface area contributed by atoms with Crippen LogP contribution in [0.1, 0.15) is 11.9 Å². The van der Waals surface area contributed by atoms with Crippen LogP contribution in [0.15, 0.2) is 24.3 Å². The van der Waals surface area contributed by atoms with Gasteiger partial charge in [-0.3, -0.25) is 0 Å². The highest BCUT2D eigenvalue weighted by atomic mass is 19.1. The maximum Gasteiger partial charge on any atom is 0.488 e. The van der Waals surface area contributed by atoms with Gasteiger partial charge in [0.1, 0.15) is 0 Å². The van der Waals surface area contributed by atoms with Gasteiger partial charge in [0.2, 0.25) is 6.36 Å². The van der Waals surface area contributed by atoms with Gasteiger partial charge in [-0.2, -0.15) is 0 Å². The Balaban J connectivity index is 2.96. The highest BCUT2D eigenvalue weighted by Gasteiger charge is 2.12. The molecule has 0 heterocycles. The predicted molar refractivity (Wildman–Crippen MR) is 42.3 cm³/mol. The summed E-state index contributed by atoms with van der Waals surface area (Å²) < 4.78 is 12.3. The summed E-state index contributed by atoms with van der Waals surface area (Å²) in [5, 5.41) is 25.9. The Labute approximate surface area is 69.2 Å². The number of aliphatic hydroxyl groups is 1. The third-order valence-electron chi connectivity index (χ3n) is 1.48. The van der Waals surface area contributed by atoms with Gasteiger partial charge in [-0.1, -0.05) is 24.3 Å². The Morgan fingerprint density at radius 3 is 2.50 bits per heavy atom. The zero-order chi connectivity index (χ0) is 9.14. The van der Waals surface area contributed by atoms with Crippen LogP contribution in [-0.4, -0.2) is 22.3 Å².